The van der Waals surface area contributed by atoms with Crippen molar-refractivity contribution in [2.75, 3.05) is 26.4 Å². The number of nitrogens with one attached hydrogen (secondary N) is 1. The molecule has 3 aliphatic rings. The first-order valence-electron chi connectivity index (χ1n) is 37.9. The summed E-state index contributed by atoms with van der Waals surface area (Å²) >= 11 is 0. The fourth-order valence-corrected chi connectivity index (χ4v) is 13.2. The van der Waals surface area contributed by atoms with Crippen molar-refractivity contribution in [3.8, 4) is 0 Å². The number of allylic oxidation sites excluding steroid dienone is 2. The van der Waals surface area contributed by atoms with Crippen LogP contribution < -0.4 is 5.32 Å². The maximum Gasteiger partial charge on any atom is 0.220 e. The van der Waals surface area contributed by atoms with Crippen LogP contribution >= 0.6 is 0 Å². The minimum Gasteiger partial charge on any atom is -0.394 e. The van der Waals surface area contributed by atoms with E-state index in [4.69, 9.17) is 28.4 Å². The summed E-state index contributed by atoms with van der Waals surface area (Å²) in [5.41, 5.74) is 0. The molecule has 3 saturated heterocycles. The predicted molar refractivity (Wildman–Crippen MR) is 360 cm³/mol. The lowest BCUT2D eigenvalue weighted by Gasteiger charge is -2.48. The highest BCUT2D eigenvalue weighted by atomic mass is 16.8. The molecule has 0 aliphatic carbocycles. The van der Waals surface area contributed by atoms with Gasteiger partial charge in [0.1, 0.15) is 73.2 Å². The number of carbonyl (C=O) groups is 1. The van der Waals surface area contributed by atoms with E-state index in [9.17, 15) is 61.0 Å². The number of amides is 1. The van der Waals surface area contributed by atoms with E-state index < -0.39 is 124 Å². The van der Waals surface area contributed by atoms with Gasteiger partial charge in [0.05, 0.1) is 38.6 Å². The van der Waals surface area contributed by atoms with E-state index >= 15 is 0 Å². The number of rotatable bonds is 60. The Morgan fingerprint density at radius 1 is 0.380 bits per heavy atom. The molecular formula is C73H139NO18. The maximum atomic E-state index is 13.4. The Kier molecular flexibility index (Phi) is 51.0. The molecule has 3 rings (SSSR count). The van der Waals surface area contributed by atoms with E-state index in [2.05, 4.69) is 31.3 Å². The third kappa shape index (κ3) is 36.4. The lowest BCUT2D eigenvalue weighted by molar-refractivity contribution is -0.379. The Balaban J connectivity index is 1.30. The average molecular weight is 1320 g/mol. The quantitative estimate of drug-likeness (QED) is 0.0199. The Morgan fingerprint density at radius 2 is 0.685 bits per heavy atom. The molecule has 0 aromatic heterocycles. The Labute approximate surface area is 556 Å². The van der Waals surface area contributed by atoms with Gasteiger partial charge in [-0.1, -0.05) is 283 Å². The molecule has 0 spiro atoms. The van der Waals surface area contributed by atoms with Crippen LogP contribution in [-0.2, 0) is 33.2 Å². The Morgan fingerprint density at radius 3 is 1.05 bits per heavy atom. The summed E-state index contributed by atoms with van der Waals surface area (Å²) < 4.78 is 34.4. The van der Waals surface area contributed by atoms with E-state index in [0.29, 0.717) is 12.8 Å². The van der Waals surface area contributed by atoms with Crippen molar-refractivity contribution in [2.24, 2.45) is 0 Å². The van der Waals surface area contributed by atoms with E-state index in [-0.39, 0.29) is 18.9 Å². The molecule has 0 radical (unpaired) electrons. The topological polar surface area (TPSA) is 307 Å². The zero-order valence-electron chi connectivity index (χ0n) is 57.8. The van der Waals surface area contributed by atoms with Gasteiger partial charge >= 0.3 is 0 Å². The summed E-state index contributed by atoms with van der Waals surface area (Å²) in [4.78, 5) is 13.4. The van der Waals surface area contributed by atoms with Crippen molar-refractivity contribution < 1.29 is 89.4 Å². The second-order valence-corrected chi connectivity index (χ2v) is 27.5. The summed E-state index contributed by atoms with van der Waals surface area (Å²) in [5, 5.41) is 121. The SMILES string of the molecule is CCCCCCCCCC/C=C\CCCCCCCCCCCCCCCCCCCCCCCCCC(=O)NC(COC1OC(CO)C(OC2OC(CO)C(OC3OC(CO)C(O)C(O)C3O)C(O)C2O)C(O)C1O)C(O)CCCCCCCCCCCCCC. The van der Waals surface area contributed by atoms with E-state index in [1.807, 2.05) is 0 Å². The fraction of sp³-hybridized carbons (Fsp3) is 0.959. The van der Waals surface area contributed by atoms with Crippen LogP contribution in [0.25, 0.3) is 0 Å². The number of unbranched alkanes of at least 4 members (excludes halogenated alkanes) is 42. The lowest BCUT2D eigenvalue weighted by atomic mass is 9.96. The summed E-state index contributed by atoms with van der Waals surface area (Å²) in [6, 6.07) is -0.882. The van der Waals surface area contributed by atoms with Crippen molar-refractivity contribution in [1.82, 2.24) is 5.32 Å². The monoisotopic (exact) mass is 1320 g/mol. The normalized spacial score (nSPS) is 27.7. The molecule has 3 fully saturated rings. The van der Waals surface area contributed by atoms with Gasteiger partial charge in [0.25, 0.3) is 0 Å². The molecule has 0 aromatic rings. The van der Waals surface area contributed by atoms with Gasteiger partial charge in [0, 0.05) is 6.42 Å². The van der Waals surface area contributed by atoms with Gasteiger partial charge < -0.3 is 89.9 Å². The molecule has 12 N–H and O–H groups in total. The number of hydrogen-bond donors (Lipinski definition) is 12. The van der Waals surface area contributed by atoms with Crippen molar-refractivity contribution in [3.05, 3.63) is 12.2 Å². The van der Waals surface area contributed by atoms with Gasteiger partial charge in [-0.3, -0.25) is 4.79 Å². The van der Waals surface area contributed by atoms with Crippen LogP contribution in [0.3, 0.4) is 0 Å². The second kappa shape index (κ2) is 55.4. The van der Waals surface area contributed by atoms with Crippen LogP contribution in [-0.4, -0.2) is 193 Å². The summed E-state index contributed by atoms with van der Waals surface area (Å²) in [6.07, 6.45) is 36.2. The molecule has 0 bridgehead atoms. The molecular weight excluding hydrogens is 1180 g/mol. The molecule has 17 unspecified atom stereocenters. The van der Waals surface area contributed by atoms with Gasteiger partial charge in [0.15, 0.2) is 18.9 Å². The minimum atomic E-state index is -1.97. The largest absolute Gasteiger partial charge is 0.394 e. The minimum absolute atomic E-state index is 0.237. The highest BCUT2D eigenvalue weighted by molar-refractivity contribution is 5.76. The molecule has 92 heavy (non-hydrogen) atoms. The van der Waals surface area contributed by atoms with E-state index in [1.165, 1.54) is 238 Å². The smallest absolute Gasteiger partial charge is 0.220 e. The van der Waals surface area contributed by atoms with Crippen LogP contribution in [0.1, 0.15) is 316 Å². The third-order valence-corrected chi connectivity index (χ3v) is 19.3. The predicted octanol–water partition coefficient (Wildman–Crippen LogP) is 11.2. The lowest BCUT2D eigenvalue weighted by Crippen LogP contribution is -2.66. The van der Waals surface area contributed by atoms with E-state index in [0.717, 1.165) is 44.9 Å². The molecule has 544 valence electrons. The second-order valence-electron chi connectivity index (χ2n) is 27.5. The van der Waals surface area contributed by atoms with Crippen LogP contribution in [0, 0.1) is 0 Å². The van der Waals surface area contributed by atoms with Crippen molar-refractivity contribution in [1.29, 1.82) is 0 Å². The maximum absolute atomic E-state index is 13.4. The van der Waals surface area contributed by atoms with Crippen molar-refractivity contribution in [2.45, 2.75) is 420 Å². The van der Waals surface area contributed by atoms with Gasteiger partial charge in [-0.2, -0.15) is 0 Å². The van der Waals surface area contributed by atoms with Crippen LogP contribution in [0.2, 0.25) is 0 Å². The standard InChI is InChI=1S/C73H139NO18/c1-3-5-7-9-11-13-15-17-18-19-20-21-22-23-24-25-26-27-28-29-30-31-32-33-34-35-36-37-38-39-41-43-45-47-49-51-61(79)74-56(57(78)50-48-46-44-42-40-16-14-12-10-8-6-4-2)55-87-71-67(85)64(82)69(59(53-76)89-71)92-73-68(86)65(83)70(60(54-77)90-73)91-72-66(84)63(81)62(80)58(52-75)88-72/h19-20,56-60,62-73,75-78,80-86H,3-18,21-55H2,1-2H3,(H,74,79)/b20-19-. The zero-order valence-corrected chi connectivity index (χ0v) is 57.8. The van der Waals surface area contributed by atoms with Gasteiger partial charge in [-0.15, -0.1) is 0 Å². The first kappa shape index (κ1) is 84.8. The van der Waals surface area contributed by atoms with Crippen molar-refractivity contribution >= 4 is 5.91 Å². The Hall–Kier alpha value is -1.47. The number of aliphatic hydroxyl groups excluding tert-OH is 11. The summed E-state index contributed by atoms with van der Waals surface area (Å²) in [5.74, 6) is -0.237. The van der Waals surface area contributed by atoms with Crippen LogP contribution in [0.5, 0.6) is 0 Å². The van der Waals surface area contributed by atoms with E-state index in [1.54, 1.807) is 0 Å². The first-order valence-corrected chi connectivity index (χ1v) is 37.9. The van der Waals surface area contributed by atoms with Crippen molar-refractivity contribution in [3.63, 3.8) is 0 Å². The van der Waals surface area contributed by atoms with Crippen LogP contribution in [0.4, 0.5) is 0 Å². The number of hydrogen-bond acceptors (Lipinski definition) is 18. The zero-order chi connectivity index (χ0) is 66.8. The average Bonchev–Trinajstić information content (AvgIpc) is 0.830. The summed E-state index contributed by atoms with van der Waals surface area (Å²) in [6.45, 7) is 1.82. The highest BCUT2D eigenvalue weighted by Gasteiger charge is 2.53. The number of carbonyl (C=O) groups excluding carboxylic acids is 1. The van der Waals surface area contributed by atoms with Gasteiger partial charge in [-0.05, 0) is 38.5 Å². The molecule has 1 amide bonds. The molecule has 19 nitrogen and oxygen atoms in total. The number of aliphatic hydroxyl groups is 11. The molecule has 19 heteroatoms. The molecule has 17 atom stereocenters. The third-order valence-electron chi connectivity index (χ3n) is 19.3. The first-order chi connectivity index (χ1) is 44.8. The fourth-order valence-electron chi connectivity index (χ4n) is 13.2. The number of ether oxygens (including phenoxy) is 6. The summed E-state index contributed by atoms with van der Waals surface area (Å²) in [7, 11) is 0. The van der Waals surface area contributed by atoms with Gasteiger partial charge in [-0.25, -0.2) is 0 Å². The molecule has 3 aliphatic heterocycles. The van der Waals surface area contributed by atoms with Gasteiger partial charge in [0.2, 0.25) is 5.91 Å². The molecule has 3 heterocycles. The molecule has 0 aromatic carbocycles. The molecule has 0 saturated carbocycles. The van der Waals surface area contributed by atoms with Crippen LogP contribution in [0.15, 0.2) is 12.2 Å². The highest BCUT2D eigenvalue weighted by Crippen LogP contribution is 2.33. The Bertz CT molecular complexity index is 1720.